The molecule has 0 radical (unpaired) electrons. The summed E-state index contributed by atoms with van der Waals surface area (Å²) in [6.07, 6.45) is 5.47. The molecule has 3 heteroatoms. The highest BCUT2D eigenvalue weighted by Gasteiger charge is 2.19. The van der Waals surface area contributed by atoms with E-state index in [1.54, 1.807) is 7.11 Å². The van der Waals surface area contributed by atoms with Gasteiger partial charge in [0.05, 0.1) is 6.10 Å². The van der Waals surface area contributed by atoms with Crippen molar-refractivity contribution in [2.24, 2.45) is 5.92 Å². The largest absolute Gasteiger partial charge is 0.393 e. The van der Waals surface area contributed by atoms with Crippen molar-refractivity contribution in [2.45, 2.75) is 38.2 Å². The van der Waals surface area contributed by atoms with Gasteiger partial charge in [0.15, 0.2) is 0 Å². The maximum atomic E-state index is 9.47. The monoisotopic (exact) mass is 201 g/mol. The van der Waals surface area contributed by atoms with Crippen LogP contribution in [0.2, 0.25) is 0 Å². The SMILES string of the molecule is COCCCNCC1CCCC(O)C1. The van der Waals surface area contributed by atoms with Crippen LogP contribution in [-0.2, 0) is 4.74 Å². The molecule has 0 aliphatic heterocycles. The first-order chi connectivity index (χ1) is 6.83. The lowest BCUT2D eigenvalue weighted by molar-refractivity contribution is 0.100. The molecule has 0 heterocycles. The van der Waals surface area contributed by atoms with Gasteiger partial charge in [0.1, 0.15) is 0 Å². The molecule has 0 bridgehead atoms. The van der Waals surface area contributed by atoms with E-state index in [4.69, 9.17) is 4.74 Å². The van der Waals surface area contributed by atoms with Gasteiger partial charge < -0.3 is 15.2 Å². The first-order valence-corrected chi connectivity index (χ1v) is 5.70. The van der Waals surface area contributed by atoms with Crippen molar-refractivity contribution in [3.05, 3.63) is 0 Å². The van der Waals surface area contributed by atoms with Crippen LogP contribution in [0.15, 0.2) is 0 Å². The maximum absolute atomic E-state index is 9.47. The normalized spacial score (nSPS) is 27.9. The third-order valence-corrected chi connectivity index (χ3v) is 2.89. The van der Waals surface area contributed by atoms with E-state index in [1.807, 2.05) is 0 Å². The summed E-state index contributed by atoms with van der Waals surface area (Å²) in [4.78, 5) is 0. The molecule has 0 amide bonds. The predicted molar refractivity (Wildman–Crippen MR) is 57.3 cm³/mol. The van der Waals surface area contributed by atoms with Gasteiger partial charge in [-0.2, -0.15) is 0 Å². The van der Waals surface area contributed by atoms with Crippen LogP contribution >= 0.6 is 0 Å². The number of aliphatic hydroxyl groups excluding tert-OH is 1. The van der Waals surface area contributed by atoms with Crippen LogP contribution in [-0.4, -0.2) is 38.0 Å². The van der Waals surface area contributed by atoms with Gasteiger partial charge in [0.2, 0.25) is 0 Å². The molecule has 0 aromatic rings. The summed E-state index contributed by atoms with van der Waals surface area (Å²) in [7, 11) is 1.73. The minimum absolute atomic E-state index is 0.0467. The van der Waals surface area contributed by atoms with Gasteiger partial charge in [-0.25, -0.2) is 0 Å². The Morgan fingerprint density at radius 3 is 3.00 bits per heavy atom. The van der Waals surface area contributed by atoms with Crippen LogP contribution in [0, 0.1) is 5.92 Å². The molecule has 0 spiro atoms. The topological polar surface area (TPSA) is 41.5 Å². The van der Waals surface area contributed by atoms with Crippen LogP contribution in [0.1, 0.15) is 32.1 Å². The Kier molecular flexibility index (Phi) is 6.15. The highest BCUT2D eigenvalue weighted by molar-refractivity contribution is 4.73. The summed E-state index contributed by atoms with van der Waals surface area (Å²) in [5.74, 6) is 0.682. The Bertz CT molecular complexity index is 141. The maximum Gasteiger partial charge on any atom is 0.0543 e. The molecular formula is C11H23NO2. The van der Waals surface area contributed by atoms with E-state index in [9.17, 15) is 5.11 Å². The highest BCUT2D eigenvalue weighted by Crippen LogP contribution is 2.23. The fourth-order valence-corrected chi connectivity index (χ4v) is 2.10. The van der Waals surface area contributed by atoms with Crippen molar-refractivity contribution in [1.82, 2.24) is 5.32 Å². The molecule has 0 aromatic carbocycles. The Labute approximate surface area is 86.8 Å². The Hall–Kier alpha value is -0.120. The highest BCUT2D eigenvalue weighted by atomic mass is 16.5. The van der Waals surface area contributed by atoms with Gasteiger partial charge >= 0.3 is 0 Å². The minimum atomic E-state index is -0.0467. The van der Waals surface area contributed by atoms with Gasteiger partial charge in [-0.1, -0.05) is 6.42 Å². The third-order valence-electron chi connectivity index (χ3n) is 2.89. The van der Waals surface area contributed by atoms with Crippen LogP contribution in [0.4, 0.5) is 0 Å². The quantitative estimate of drug-likeness (QED) is 0.634. The predicted octanol–water partition coefficient (Wildman–Crippen LogP) is 1.16. The van der Waals surface area contributed by atoms with Crippen LogP contribution < -0.4 is 5.32 Å². The zero-order chi connectivity index (χ0) is 10.2. The fraction of sp³-hybridized carbons (Fsp3) is 1.00. The van der Waals surface area contributed by atoms with Gasteiger partial charge in [-0.3, -0.25) is 0 Å². The zero-order valence-electron chi connectivity index (χ0n) is 9.17. The average molecular weight is 201 g/mol. The van der Waals surface area contributed by atoms with Crippen LogP contribution in [0.5, 0.6) is 0 Å². The summed E-state index contributed by atoms with van der Waals surface area (Å²) in [5, 5.41) is 12.9. The number of rotatable bonds is 6. The van der Waals surface area contributed by atoms with Crippen molar-refractivity contribution < 1.29 is 9.84 Å². The molecule has 0 aromatic heterocycles. The van der Waals surface area contributed by atoms with E-state index in [0.717, 1.165) is 39.0 Å². The number of hydrogen-bond acceptors (Lipinski definition) is 3. The lowest BCUT2D eigenvalue weighted by Gasteiger charge is -2.25. The number of nitrogens with one attached hydrogen (secondary N) is 1. The molecule has 1 rings (SSSR count). The Morgan fingerprint density at radius 1 is 1.43 bits per heavy atom. The standard InChI is InChI=1S/C11H23NO2/c1-14-7-3-6-12-9-10-4-2-5-11(13)8-10/h10-13H,2-9H2,1H3. The molecule has 1 fully saturated rings. The van der Waals surface area contributed by atoms with E-state index in [-0.39, 0.29) is 6.10 Å². The summed E-state index contributed by atoms with van der Waals surface area (Å²) in [6, 6.07) is 0. The van der Waals surface area contributed by atoms with Crippen LogP contribution in [0.3, 0.4) is 0 Å². The molecule has 2 unspecified atom stereocenters. The van der Waals surface area contributed by atoms with E-state index < -0.39 is 0 Å². The van der Waals surface area contributed by atoms with E-state index >= 15 is 0 Å². The third kappa shape index (κ3) is 4.94. The van der Waals surface area contributed by atoms with Crippen molar-refractivity contribution >= 4 is 0 Å². The van der Waals surface area contributed by atoms with E-state index in [1.165, 1.54) is 12.8 Å². The van der Waals surface area contributed by atoms with E-state index in [2.05, 4.69) is 5.32 Å². The second-order valence-corrected chi connectivity index (χ2v) is 4.24. The van der Waals surface area contributed by atoms with E-state index in [0.29, 0.717) is 5.92 Å². The number of ether oxygens (including phenoxy) is 1. The molecule has 1 saturated carbocycles. The van der Waals surface area contributed by atoms with Crippen molar-refractivity contribution in [2.75, 3.05) is 26.8 Å². The van der Waals surface area contributed by atoms with Crippen molar-refractivity contribution in [3.63, 3.8) is 0 Å². The molecule has 1 aliphatic rings. The van der Waals surface area contributed by atoms with Crippen molar-refractivity contribution in [3.8, 4) is 0 Å². The number of methoxy groups -OCH3 is 1. The average Bonchev–Trinajstić information content (AvgIpc) is 2.18. The van der Waals surface area contributed by atoms with Gasteiger partial charge in [0.25, 0.3) is 0 Å². The molecule has 0 saturated heterocycles. The molecule has 84 valence electrons. The lowest BCUT2D eigenvalue weighted by Crippen LogP contribution is -2.29. The minimum Gasteiger partial charge on any atom is -0.393 e. The molecule has 2 N–H and O–H groups in total. The van der Waals surface area contributed by atoms with Crippen molar-refractivity contribution in [1.29, 1.82) is 0 Å². The first kappa shape index (κ1) is 12.0. The van der Waals surface area contributed by atoms with Gasteiger partial charge in [0, 0.05) is 13.7 Å². The number of aliphatic hydroxyl groups is 1. The van der Waals surface area contributed by atoms with Gasteiger partial charge in [-0.15, -0.1) is 0 Å². The summed E-state index contributed by atoms with van der Waals surface area (Å²) in [5.41, 5.74) is 0. The second-order valence-electron chi connectivity index (χ2n) is 4.24. The zero-order valence-corrected chi connectivity index (χ0v) is 9.17. The molecule has 3 nitrogen and oxygen atoms in total. The Morgan fingerprint density at radius 2 is 2.29 bits per heavy atom. The number of hydrogen-bond donors (Lipinski definition) is 2. The summed E-state index contributed by atoms with van der Waals surface area (Å²) < 4.78 is 4.97. The lowest BCUT2D eigenvalue weighted by atomic mass is 9.87. The van der Waals surface area contributed by atoms with Gasteiger partial charge in [-0.05, 0) is 44.7 Å². The fourth-order valence-electron chi connectivity index (χ4n) is 2.10. The molecular weight excluding hydrogens is 178 g/mol. The second kappa shape index (κ2) is 7.21. The molecule has 1 aliphatic carbocycles. The first-order valence-electron chi connectivity index (χ1n) is 5.70. The molecule has 14 heavy (non-hydrogen) atoms. The molecule has 2 atom stereocenters. The van der Waals surface area contributed by atoms with Crippen LogP contribution in [0.25, 0.3) is 0 Å². The summed E-state index contributed by atoms with van der Waals surface area (Å²) in [6.45, 7) is 2.92. The smallest absolute Gasteiger partial charge is 0.0543 e. The Balaban J connectivity index is 1.95. The summed E-state index contributed by atoms with van der Waals surface area (Å²) >= 11 is 0.